The number of hydrogen-bond acceptors (Lipinski definition) is 3. The van der Waals surface area contributed by atoms with Gasteiger partial charge in [0.2, 0.25) is 5.28 Å². The maximum atomic E-state index is 5.55. The molecule has 2 aromatic rings. The van der Waals surface area contributed by atoms with Crippen LogP contribution in [0.4, 0.5) is 0 Å². The molecule has 0 aliphatic carbocycles. The van der Waals surface area contributed by atoms with Gasteiger partial charge >= 0.3 is 0 Å². The molecule has 0 N–H and O–H groups in total. The normalized spacial score (nSPS) is 10.0. The van der Waals surface area contributed by atoms with E-state index in [9.17, 15) is 0 Å². The number of ether oxygens (including phenoxy) is 1. The molecule has 0 atom stereocenters. The fraction of sp³-hybridized carbons (Fsp3) is 0. The van der Waals surface area contributed by atoms with Gasteiger partial charge in [-0.15, -0.1) is 0 Å². The van der Waals surface area contributed by atoms with Gasteiger partial charge in [0.1, 0.15) is 5.75 Å². The summed E-state index contributed by atoms with van der Waals surface area (Å²) in [6, 6.07) is 7.51. The van der Waals surface area contributed by atoms with Crippen LogP contribution >= 0.6 is 27.5 Å². The van der Waals surface area contributed by atoms with Crippen LogP contribution in [0.3, 0.4) is 0 Å². The lowest BCUT2D eigenvalue weighted by molar-refractivity contribution is 0.477. The molecule has 1 aromatic carbocycles. The van der Waals surface area contributed by atoms with E-state index in [0.29, 0.717) is 5.75 Å². The molecule has 1 aromatic heterocycles. The van der Waals surface area contributed by atoms with Crippen molar-refractivity contribution in [2.24, 2.45) is 0 Å². The fourth-order valence-electron chi connectivity index (χ4n) is 1.02. The Bertz CT molecular complexity index is 461. The predicted octanol–water partition coefficient (Wildman–Crippen LogP) is 3.68. The minimum Gasteiger partial charge on any atom is -0.454 e. The first-order valence-corrected chi connectivity index (χ1v) is 5.32. The molecule has 0 fully saturated rings. The molecule has 0 unspecified atom stereocenters. The summed E-state index contributed by atoms with van der Waals surface area (Å²) in [5.74, 6) is 1.27. The number of benzene rings is 1. The zero-order valence-corrected chi connectivity index (χ0v) is 9.86. The second-order valence-electron chi connectivity index (χ2n) is 2.75. The van der Waals surface area contributed by atoms with Gasteiger partial charge in [-0.25, -0.2) is 9.97 Å². The van der Waals surface area contributed by atoms with Crippen molar-refractivity contribution in [3.63, 3.8) is 0 Å². The summed E-state index contributed by atoms with van der Waals surface area (Å²) >= 11 is 8.91. The average molecular weight is 286 g/mol. The molecular weight excluding hydrogens is 279 g/mol. The lowest BCUT2D eigenvalue weighted by Crippen LogP contribution is -1.87. The summed E-state index contributed by atoms with van der Waals surface area (Å²) in [6.07, 6.45) is 3.05. The first kappa shape index (κ1) is 10.4. The van der Waals surface area contributed by atoms with Crippen molar-refractivity contribution in [1.29, 1.82) is 0 Å². The quantitative estimate of drug-likeness (QED) is 0.789. The minimum absolute atomic E-state index is 0.205. The molecule has 0 bridgehead atoms. The monoisotopic (exact) mass is 284 g/mol. The lowest BCUT2D eigenvalue weighted by Gasteiger charge is -2.04. The van der Waals surface area contributed by atoms with E-state index in [4.69, 9.17) is 16.3 Å². The molecule has 3 nitrogen and oxygen atoms in total. The molecule has 0 saturated heterocycles. The van der Waals surface area contributed by atoms with Gasteiger partial charge in [-0.2, -0.15) is 0 Å². The van der Waals surface area contributed by atoms with E-state index in [1.807, 2.05) is 24.3 Å². The zero-order valence-electron chi connectivity index (χ0n) is 7.52. The first-order chi connectivity index (χ1) is 7.24. The predicted molar refractivity (Wildman–Crippen MR) is 61.3 cm³/mol. The molecule has 15 heavy (non-hydrogen) atoms. The highest BCUT2D eigenvalue weighted by molar-refractivity contribution is 9.10. The van der Waals surface area contributed by atoms with Crippen molar-refractivity contribution >= 4 is 27.5 Å². The van der Waals surface area contributed by atoms with Crippen LogP contribution in [0.2, 0.25) is 5.28 Å². The van der Waals surface area contributed by atoms with Crippen LogP contribution < -0.4 is 4.74 Å². The third kappa shape index (κ3) is 2.91. The Morgan fingerprint density at radius 2 is 1.87 bits per heavy atom. The Morgan fingerprint density at radius 3 is 2.53 bits per heavy atom. The molecule has 2 rings (SSSR count). The second kappa shape index (κ2) is 4.59. The van der Waals surface area contributed by atoms with Crippen molar-refractivity contribution in [2.45, 2.75) is 0 Å². The average Bonchev–Trinajstić information content (AvgIpc) is 2.22. The van der Waals surface area contributed by atoms with Crippen LogP contribution in [0.5, 0.6) is 11.5 Å². The Hall–Kier alpha value is -1.13. The van der Waals surface area contributed by atoms with Gasteiger partial charge in [0.25, 0.3) is 0 Å². The highest BCUT2D eigenvalue weighted by atomic mass is 79.9. The van der Waals surface area contributed by atoms with Crippen LogP contribution in [0, 0.1) is 0 Å². The largest absolute Gasteiger partial charge is 0.454 e. The van der Waals surface area contributed by atoms with Crippen molar-refractivity contribution < 1.29 is 4.74 Å². The van der Waals surface area contributed by atoms with Crippen molar-refractivity contribution in [1.82, 2.24) is 9.97 Å². The van der Waals surface area contributed by atoms with Crippen molar-refractivity contribution in [2.75, 3.05) is 0 Å². The van der Waals surface area contributed by atoms with E-state index in [1.54, 1.807) is 0 Å². The van der Waals surface area contributed by atoms with Crippen molar-refractivity contribution in [3.8, 4) is 11.5 Å². The Kier molecular flexibility index (Phi) is 3.18. The minimum atomic E-state index is 0.205. The number of hydrogen-bond donors (Lipinski definition) is 0. The van der Waals surface area contributed by atoms with Gasteiger partial charge in [0.15, 0.2) is 5.75 Å². The van der Waals surface area contributed by atoms with Crippen LogP contribution in [0.15, 0.2) is 41.1 Å². The third-order valence-electron chi connectivity index (χ3n) is 1.63. The van der Waals surface area contributed by atoms with Crippen molar-refractivity contribution in [3.05, 3.63) is 46.4 Å². The summed E-state index contributed by atoms with van der Waals surface area (Å²) in [5.41, 5.74) is 0. The van der Waals surface area contributed by atoms with Crippen LogP contribution in [-0.2, 0) is 0 Å². The molecule has 0 saturated carbocycles. The molecule has 1 heterocycles. The van der Waals surface area contributed by atoms with Crippen LogP contribution in [-0.4, -0.2) is 9.97 Å². The molecule has 5 heteroatoms. The summed E-state index contributed by atoms with van der Waals surface area (Å²) < 4.78 is 6.45. The Morgan fingerprint density at radius 1 is 1.13 bits per heavy atom. The van der Waals surface area contributed by atoms with E-state index < -0.39 is 0 Å². The SMILES string of the molecule is Clc1ncc(Oc2cccc(Br)c2)cn1. The Balaban J connectivity index is 2.18. The van der Waals surface area contributed by atoms with E-state index in [1.165, 1.54) is 12.4 Å². The molecule has 0 spiro atoms. The van der Waals surface area contributed by atoms with Gasteiger partial charge in [-0.3, -0.25) is 0 Å². The van der Waals surface area contributed by atoms with E-state index in [0.717, 1.165) is 10.2 Å². The molecule has 0 amide bonds. The van der Waals surface area contributed by atoms with Gasteiger partial charge in [0.05, 0.1) is 12.4 Å². The van der Waals surface area contributed by atoms with Gasteiger partial charge < -0.3 is 4.74 Å². The summed E-state index contributed by atoms with van der Waals surface area (Å²) in [5, 5.41) is 0.205. The van der Waals surface area contributed by atoms with Gasteiger partial charge in [0, 0.05) is 4.47 Å². The van der Waals surface area contributed by atoms with Gasteiger partial charge in [-0.05, 0) is 29.8 Å². The first-order valence-electron chi connectivity index (χ1n) is 4.15. The zero-order chi connectivity index (χ0) is 10.7. The second-order valence-corrected chi connectivity index (χ2v) is 4.00. The maximum absolute atomic E-state index is 5.55. The summed E-state index contributed by atoms with van der Waals surface area (Å²) in [4.78, 5) is 7.63. The standard InChI is InChI=1S/C10H6BrClN2O/c11-7-2-1-3-8(4-7)15-9-5-13-10(12)14-6-9/h1-6H. The third-order valence-corrected chi connectivity index (χ3v) is 2.32. The van der Waals surface area contributed by atoms with E-state index in [-0.39, 0.29) is 5.28 Å². The van der Waals surface area contributed by atoms with Crippen LogP contribution in [0.25, 0.3) is 0 Å². The highest BCUT2D eigenvalue weighted by Gasteiger charge is 1.99. The smallest absolute Gasteiger partial charge is 0.222 e. The van der Waals surface area contributed by atoms with E-state index in [2.05, 4.69) is 25.9 Å². The highest BCUT2D eigenvalue weighted by Crippen LogP contribution is 2.23. The Labute approximate surface area is 100 Å². The number of halogens is 2. The number of nitrogens with zero attached hydrogens (tertiary/aromatic N) is 2. The molecule has 0 aliphatic heterocycles. The number of rotatable bonds is 2. The molecular formula is C10H6BrClN2O. The van der Waals surface area contributed by atoms with Crippen LogP contribution in [0.1, 0.15) is 0 Å². The molecule has 0 radical (unpaired) electrons. The van der Waals surface area contributed by atoms with Gasteiger partial charge in [-0.1, -0.05) is 22.0 Å². The maximum Gasteiger partial charge on any atom is 0.222 e. The van der Waals surface area contributed by atoms with E-state index >= 15 is 0 Å². The fourth-order valence-corrected chi connectivity index (χ4v) is 1.50. The topological polar surface area (TPSA) is 35.0 Å². The molecule has 76 valence electrons. The molecule has 0 aliphatic rings. The summed E-state index contributed by atoms with van der Waals surface area (Å²) in [6.45, 7) is 0. The number of aromatic nitrogens is 2. The lowest BCUT2D eigenvalue weighted by atomic mass is 10.3. The summed E-state index contributed by atoms with van der Waals surface area (Å²) in [7, 11) is 0.